The number of benzene rings is 2. The number of halogens is 2. The minimum Gasteiger partial charge on any atom is -0.492 e. The van der Waals surface area contributed by atoms with Gasteiger partial charge in [-0.2, -0.15) is 0 Å². The predicted octanol–water partition coefficient (Wildman–Crippen LogP) is 4.39. The fraction of sp³-hybridized carbons (Fsp3) is 0.200. The number of aryl methyl sites for hydroxylation is 1. The maximum atomic E-state index is 13.1. The van der Waals surface area contributed by atoms with Crippen molar-refractivity contribution in [3.63, 3.8) is 0 Å². The maximum Gasteiger partial charge on any atom is 0.125 e. The molecule has 0 unspecified atom stereocenters. The molecule has 0 amide bonds. The zero-order valence-electron chi connectivity index (χ0n) is 10.6. The molecule has 0 heterocycles. The molecule has 0 aliphatic rings. The van der Waals surface area contributed by atoms with Crippen LogP contribution < -0.4 is 10.1 Å². The Bertz CT molecular complexity index is 560. The Morgan fingerprint density at radius 1 is 1.21 bits per heavy atom. The van der Waals surface area contributed by atoms with Crippen molar-refractivity contribution >= 4 is 21.6 Å². The molecule has 100 valence electrons. The summed E-state index contributed by atoms with van der Waals surface area (Å²) in [6.45, 7) is 3.08. The first-order chi connectivity index (χ1) is 9.15. The van der Waals surface area contributed by atoms with Crippen molar-refractivity contribution in [1.29, 1.82) is 0 Å². The van der Waals surface area contributed by atoms with E-state index in [0.717, 1.165) is 21.5 Å². The van der Waals surface area contributed by atoms with Gasteiger partial charge in [0.1, 0.15) is 18.2 Å². The van der Waals surface area contributed by atoms with E-state index in [0.29, 0.717) is 13.2 Å². The van der Waals surface area contributed by atoms with Crippen molar-refractivity contribution in [3.8, 4) is 5.75 Å². The van der Waals surface area contributed by atoms with E-state index in [4.69, 9.17) is 4.74 Å². The molecular formula is C15H15BrFNO. The predicted molar refractivity (Wildman–Crippen MR) is 79.3 cm³/mol. The van der Waals surface area contributed by atoms with E-state index in [1.54, 1.807) is 6.07 Å². The number of rotatable bonds is 5. The molecule has 2 aromatic carbocycles. The van der Waals surface area contributed by atoms with Gasteiger partial charge >= 0.3 is 0 Å². The number of hydrogen-bond donors (Lipinski definition) is 1. The van der Waals surface area contributed by atoms with Crippen LogP contribution in [0.1, 0.15) is 5.56 Å². The van der Waals surface area contributed by atoms with Gasteiger partial charge in [0.05, 0.1) is 0 Å². The highest BCUT2D eigenvalue weighted by molar-refractivity contribution is 9.10. The van der Waals surface area contributed by atoms with Crippen LogP contribution in [0.15, 0.2) is 46.9 Å². The summed E-state index contributed by atoms with van der Waals surface area (Å²) >= 11 is 3.39. The van der Waals surface area contributed by atoms with Gasteiger partial charge in [0.25, 0.3) is 0 Å². The smallest absolute Gasteiger partial charge is 0.125 e. The quantitative estimate of drug-likeness (QED) is 0.824. The Balaban J connectivity index is 1.82. The molecule has 0 aromatic heterocycles. The molecule has 2 rings (SSSR count). The standard InChI is InChI=1S/C15H15BrFNO/c1-11-5-6-13(17)10-15(11)18-7-8-19-14-4-2-3-12(16)9-14/h2-6,9-10,18H,7-8H2,1H3. The van der Waals surface area contributed by atoms with E-state index >= 15 is 0 Å². The lowest BCUT2D eigenvalue weighted by Gasteiger charge is -2.11. The highest BCUT2D eigenvalue weighted by Crippen LogP contribution is 2.18. The molecule has 0 saturated heterocycles. The summed E-state index contributed by atoms with van der Waals surface area (Å²) in [6.07, 6.45) is 0. The minimum absolute atomic E-state index is 0.235. The van der Waals surface area contributed by atoms with E-state index in [1.165, 1.54) is 12.1 Å². The van der Waals surface area contributed by atoms with Crippen LogP contribution in [0.4, 0.5) is 10.1 Å². The number of anilines is 1. The third kappa shape index (κ3) is 4.24. The van der Waals surface area contributed by atoms with Gasteiger partial charge in [-0.1, -0.05) is 28.1 Å². The van der Waals surface area contributed by atoms with Crippen LogP contribution in [0.25, 0.3) is 0 Å². The highest BCUT2D eigenvalue weighted by Gasteiger charge is 2.00. The average molecular weight is 324 g/mol. The molecule has 0 saturated carbocycles. The Hall–Kier alpha value is -1.55. The van der Waals surface area contributed by atoms with Gasteiger partial charge in [-0.15, -0.1) is 0 Å². The average Bonchev–Trinajstić information content (AvgIpc) is 2.39. The van der Waals surface area contributed by atoms with E-state index in [1.807, 2.05) is 31.2 Å². The summed E-state index contributed by atoms with van der Waals surface area (Å²) in [5, 5.41) is 3.16. The number of ether oxygens (including phenoxy) is 1. The van der Waals surface area contributed by atoms with E-state index in [9.17, 15) is 4.39 Å². The van der Waals surface area contributed by atoms with Gasteiger partial charge in [-0.3, -0.25) is 0 Å². The lowest BCUT2D eigenvalue weighted by Crippen LogP contribution is -2.12. The largest absolute Gasteiger partial charge is 0.492 e. The SMILES string of the molecule is Cc1ccc(F)cc1NCCOc1cccc(Br)c1. The minimum atomic E-state index is -0.235. The molecule has 2 nitrogen and oxygen atoms in total. The summed E-state index contributed by atoms with van der Waals surface area (Å²) in [5.41, 5.74) is 1.82. The third-order valence-electron chi connectivity index (χ3n) is 2.68. The second-order valence-electron chi connectivity index (χ2n) is 4.19. The summed E-state index contributed by atoms with van der Waals surface area (Å²) in [4.78, 5) is 0. The third-order valence-corrected chi connectivity index (χ3v) is 3.18. The summed E-state index contributed by atoms with van der Waals surface area (Å²) in [6, 6.07) is 12.4. The van der Waals surface area contributed by atoms with Crippen LogP contribution in [0, 0.1) is 12.7 Å². The zero-order valence-corrected chi connectivity index (χ0v) is 12.2. The second kappa shape index (κ2) is 6.57. The molecule has 0 atom stereocenters. The van der Waals surface area contributed by atoms with E-state index in [2.05, 4.69) is 21.2 Å². The summed E-state index contributed by atoms with van der Waals surface area (Å²) in [5.74, 6) is 0.577. The molecular weight excluding hydrogens is 309 g/mol. The number of nitrogens with one attached hydrogen (secondary N) is 1. The van der Waals surface area contributed by atoms with Crippen LogP contribution in [0.5, 0.6) is 5.75 Å². The van der Waals surface area contributed by atoms with Crippen LogP contribution in [0.3, 0.4) is 0 Å². The molecule has 4 heteroatoms. The first-order valence-electron chi connectivity index (χ1n) is 6.03. The van der Waals surface area contributed by atoms with Gasteiger partial charge in [-0.25, -0.2) is 4.39 Å². The lowest BCUT2D eigenvalue weighted by atomic mass is 10.2. The van der Waals surface area contributed by atoms with Gasteiger partial charge < -0.3 is 10.1 Å². The molecule has 0 aliphatic heterocycles. The molecule has 0 radical (unpaired) electrons. The van der Waals surface area contributed by atoms with Gasteiger partial charge in [0.15, 0.2) is 0 Å². The van der Waals surface area contributed by atoms with Crippen molar-refractivity contribution < 1.29 is 9.13 Å². The first-order valence-corrected chi connectivity index (χ1v) is 6.83. The van der Waals surface area contributed by atoms with E-state index < -0.39 is 0 Å². The Kier molecular flexibility index (Phi) is 4.80. The summed E-state index contributed by atoms with van der Waals surface area (Å²) < 4.78 is 19.7. The fourth-order valence-corrected chi connectivity index (χ4v) is 2.07. The fourth-order valence-electron chi connectivity index (χ4n) is 1.70. The molecule has 0 aliphatic carbocycles. The molecule has 19 heavy (non-hydrogen) atoms. The molecule has 0 spiro atoms. The highest BCUT2D eigenvalue weighted by atomic mass is 79.9. The van der Waals surface area contributed by atoms with Crippen molar-refractivity contribution in [2.45, 2.75) is 6.92 Å². The zero-order chi connectivity index (χ0) is 13.7. The normalized spacial score (nSPS) is 10.3. The molecule has 1 N–H and O–H groups in total. The summed E-state index contributed by atoms with van der Waals surface area (Å²) in [7, 11) is 0. The van der Waals surface area contributed by atoms with Crippen LogP contribution in [0.2, 0.25) is 0 Å². The van der Waals surface area contributed by atoms with Crippen molar-refractivity contribution in [3.05, 3.63) is 58.3 Å². The molecule has 0 fully saturated rings. The van der Waals surface area contributed by atoms with Gasteiger partial charge in [0.2, 0.25) is 0 Å². The first kappa shape index (κ1) is 13.9. The Morgan fingerprint density at radius 3 is 2.84 bits per heavy atom. The second-order valence-corrected chi connectivity index (χ2v) is 5.11. The molecule has 2 aromatic rings. The van der Waals surface area contributed by atoms with Crippen molar-refractivity contribution in [2.75, 3.05) is 18.5 Å². The monoisotopic (exact) mass is 323 g/mol. The van der Waals surface area contributed by atoms with Crippen molar-refractivity contribution in [2.24, 2.45) is 0 Å². The Labute approximate surface area is 120 Å². The van der Waals surface area contributed by atoms with Crippen LogP contribution in [-0.4, -0.2) is 13.2 Å². The van der Waals surface area contributed by atoms with Crippen LogP contribution in [-0.2, 0) is 0 Å². The van der Waals surface area contributed by atoms with Crippen molar-refractivity contribution in [1.82, 2.24) is 0 Å². The van der Waals surface area contributed by atoms with Gasteiger partial charge in [-0.05, 0) is 42.8 Å². The maximum absolute atomic E-state index is 13.1. The lowest BCUT2D eigenvalue weighted by molar-refractivity contribution is 0.332. The van der Waals surface area contributed by atoms with Crippen LogP contribution >= 0.6 is 15.9 Å². The van der Waals surface area contributed by atoms with Gasteiger partial charge in [0, 0.05) is 16.7 Å². The number of hydrogen-bond acceptors (Lipinski definition) is 2. The van der Waals surface area contributed by atoms with E-state index in [-0.39, 0.29) is 5.82 Å². The molecule has 0 bridgehead atoms. The topological polar surface area (TPSA) is 21.3 Å². The Morgan fingerprint density at radius 2 is 2.05 bits per heavy atom.